The summed E-state index contributed by atoms with van der Waals surface area (Å²) in [6.07, 6.45) is 1.72. The molecule has 0 radical (unpaired) electrons. The van der Waals surface area contributed by atoms with Crippen LogP contribution in [0.1, 0.15) is 46.1 Å². The van der Waals surface area contributed by atoms with Crippen molar-refractivity contribution in [3.8, 4) is 6.07 Å². The van der Waals surface area contributed by atoms with Crippen LogP contribution in [0.15, 0.2) is 41.6 Å². The van der Waals surface area contributed by atoms with Gasteiger partial charge in [0.1, 0.15) is 11.7 Å². The number of nitrogens with zero attached hydrogens (tertiary/aromatic N) is 2. The fraction of sp³-hybridized carbons (Fsp3) is 0.522. The van der Waals surface area contributed by atoms with Crippen LogP contribution in [0, 0.1) is 11.3 Å². The summed E-state index contributed by atoms with van der Waals surface area (Å²) in [6, 6.07) is 11.0. The van der Waals surface area contributed by atoms with Crippen LogP contribution in [0.25, 0.3) is 0 Å². The first kappa shape index (κ1) is 23.3. The van der Waals surface area contributed by atoms with E-state index in [0.29, 0.717) is 25.2 Å². The number of nitriles is 1. The standard InChI is InChI=1S/C23H31N3O4/c1-5-29-21(27)18(16-24)20(26-13-9-10-14-26)19(15-17-11-7-6-8-12-17)25-22(28)30-23(2,3)4/h6-8,11-12,19H,5,9-10,13-15H2,1-4H3,(H,25,28)/b20-18-/t19-/m0/s1. The Hall–Kier alpha value is -3.01. The normalized spacial score (nSPS) is 15.6. The lowest BCUT2D eigenvalue weighted by atomic mass is 9.99. The van der Waals surface area contributed by atoms with Crippen LogP contribution in [-0.2, 0) is 20.7 Å². The largest absolute Gasteiger partial charge is 0.462 e. The van der Waals surface area contributed by atoms with Crippen LogP contribution in [0.5, 0.6) is 0 Å². The van der Waals surface area contributed by atoms with E-state index in [1.165, 1.54) is 0 Å². The van der Waals surface area contributed by atoms with Crippen LogP contribution in [0.2, 0.25) is 0 Å². The van der Waals surface area contributed by atoms with Crippen molar-refractivity contribution in [1.29, 1.82) is 5.26 Å². The van der Waals surface area contributed by atoms with Crippen LogP contribution in [0.3, 0.4) is 0 Å². The second-order valence-electron chi connectivity index (χ2n) is 8.18. The van der Waals surface area contributed by atoms with Crippen molar-refractivity contribution >= 4 is 12.1 Å². The first-order valence-electron chi connectivity index (χ1n) is 10.3. The number of hydrogen-bond acceptors (Lipinski definition) is 6. The minimum atomic E-state index is -0.675. The Balaban J connectivity index is 2.48. The van der Waals surface area contributed by atoms with Gasteiger partial charge in [-0.05, 0) is 52.5 Å². The van der Waals surface area contributed by atoms with E-state index in [2.05, 4.69) is 5.32 Å². The van der Waals surface area contributed by atoms with Crippen LogP contribution in [0.4, 0.5) is 4.79 Å². The van der Waals surface area contributed by atoms with Gasteiger partial charge in [-0.3, -0.25) is 0 Å². The quantitative estimate of drug-likeness (QED) is 0.417. The van der Waals surface area contributed by atoms with Gasteiger partial charge in [0.05, 0.1) is 18.3 Å². The predicted octanol–water partition coefficient (Wildman–Crippen LogP) is 3.56. The molecule has 1 aromatic carbocycles. The second kappa shape index (κ2) is 10.7. The highest BCUT2D eigenvalue weighted by Crippen LogP contribution is 2.24. The molecular formula is C23H31N3O4. The average Bonchev–Trinajstić information content (AvgIpc) is 3.19. The van der Waals surface area contributed by atoms with Gasteiger partial charge >= 0.3 is 12.1 Å². The van der Waals surface area contributed by atoms with Crippen LogP contribution in [-0.4, -0.2) is 48.3 Å². The summed E-state index contributed by atoms with van der Waals surface area (Å²) in [5, 5.41) is 12.7. The maximum Gasteiger partial charge on any atom is 0.408 e. The number of benzene rings is 1. The number of esters is 1. The fourth-order valence-electron chi connectivity index (χ4n) is 3.44. The molecule has 1 N–H and O–H groups in total. The third kappa shape index (κ3) is 6.80. The summed E-state index contributed by atoms with van der Waals surface area (Å²) in [4.78, 5) is 27.2. The molecule has 7 nitrogen and oxygen atoms in total. The van der Waals surface area contributed by atoms with E-state index in [1.807, 2.05) is 41.3 Å². The molecule has 0 bridgehead atoms. The zero-order valence-electron chi connectivity index (χ0n) is 18.2. The Morgan fingerprint density at radius 3 is 2.37 bits per heavy atom. The zero-order valence-corrected chi connectivity index (χ0v) is 18.2. The molecule has 0 spiro atoms. The Kier molecular flexibility index (Phi) is 8.28. The molecule has 1 atom stereocenters. The van der Waals surface area contributed by atoms with E-state index in [0.717, 1.165) is 18.4 Å². The van der Waals surface area contributed by atoms with Crippen molar-refractivity contribution in [2.75, 3.05) is 19.7 Å². The minimum Gasteiger partial charge on any atom is -0.462 e. The summed E-state index contributed by atoms with van der Waals surface area (Å²) in [6.45, 7) is 8.64. The SMILES string of the molecule is CCOC(=O)/C(C#N)=C(/[C@H](Cc1ccccc1)NC(=O)OC(C)(C)C)N1CCCC1. The van der Waals surface area contributed by atoms with E-state index in [4.69, 9.17) is 9.47 Å². The zero-order chi connectivity index (χ0) is 22.1. The van der Waals surface area contributed by atoms with E-state index in [1.54, 1.807) is 27.7 Å². The monoisotopic (exact) mass is 413 g/mol. The lowest BCUT2D eigenvalue weighted by Gasteiger charge is -2.31. The van der Waals surface area contributed by atoms with E-state index in [-0.39, 0.29) is 12.2 Å². The number of alkyl carbamates (subject to hydrolysis) is 1. The summed E-state index contributed by atoms with van der Waals surface area (Å²) in [7, 11) is 0. The third-order valence-electron chi connectivity index (χ3n) is 4.60. The average molecular weight is 414 g/mol. The van der Waals surface area contributed by atoms with E-state index >= 15 is 0 Å². The third-order valence-corrected chi connectivity index (χ3v) is 4.60. The number of carbonyl (C=O) groups excluding carboxylic acids is 2. The first-order chi connectivity index (χ1) is 14.2. The molecule has 1 saturated heterocycles. The molecule has 2 rings (SSSR count). The van der Waals surface area contributed by atoms with Gasteiger partial charge in [-0.25, -0.2) is 9.59 Å². The number of hydrogen-bond donors (Lipinski definition) is 1. The Labute approximate surface area is 178 Å². The molecule has 1 amide bonds. The maximum absolute atomic E-state index is 12.6. The number of carbonyl (C=O) groups is 2. The summed E-state index contributed by atoms with van der Waals surface area (Å²) >= 11 is 0. The minimum absolute atomic E-state index is 0.0734. The summed E-state index contributed by atoms with van der Waals surface area (Å²) in [5.74, 6) is -0.675. The van der Waals surface area contributed by atoms with Crippen molar-refractivity contribution < 1.29 is 19.1 Å². The molecule has 1 aliphatic rings. The smallest absolute Gasteiger partial charge is 0.408 e. The molecule has 0 aromatic heterocycles. The van der Waals surface area contributed by atoms with Crippen molar-refractivity contribution in [3.05, 3.63) is 47.2 Å². The maximum atomic E-state index is 12.6. The summed E-state index contributed by atoms with van der Waals surface area (Å²) < 4.78 is 10.6. The molecule has 0 aliphatic carbocycles. The van der Waals surface area contributed by atoms with E-state index < -0.39 is 23.7 Å². The number of likely N-dealkylation sites (tertiary alicyclic amines) is 1. The Morgan fingerprint density at radius 1 is 1.20 bits per heavy atom. The van der Waals surface area contributed by atoms with Crippen molar-refractivity contribution in [2.24, 2.45) is 0 Å². The van der Waals surface area contributed by atoms with Gasteiger partial charge in [-0.15, -0.1) is 0 Å². The molecule has 1 fully saturated rings. The van der Waals surface area contributed by atoms with Crippen molar-refractivity contribution in [3.63, 3.8) is 0 Å². The molecule has 30 heavy (non-hydrogen) atoms. The van der Waals surface area contributed by atoms with E-state index in [9.17, 15) is 14.9 Å². The Bertz CT molecular complexity index is 800. The van der Waals surface area contributed by atoms with Gasteiger partial charge < -0.3 is 19.7 Å². The van der Waals surface area contributed by atoms with Gasteiger partial charge in [-0.1, -0.05) is 30.3 Å². The molecular weight excluding hydrogens is 382 g/mol. The highest BCUT2D eigenvalue weighted by atomic mass is 16.6. The van der Waals surface area contributed by atoms with Gasteiger partial charge in [0.2, 0.25) is 0 Å². The molecule has 162 valence electrons. The molecule has 1 aliphatic heterocycles. The van der Waals surface area contributed by atoms with Crippen LogP contribution >= 0.6 is 0 Å². The van der Waals surface area contributed by atoms with Crippen molar-refractivity contribution in [1.82, 2.24) is 10.2 Å². The molecule has 0 saturated carbocycles. The lowest BCUT2D eigenvalue weighted by Crippen LogP contribution is -2.45. The fourth-order valence-corrected chi connectivity index (χ4v) is 3.44. The lowest BCUT2D eigenvalue weighted by molar-refractivity contribution is -0.138. The second-order valence-corrected chi connectivity index (χ2v) is 8.18. The van der Waals surface area contributed by atoms with Crippen molar-refractivity contribution in [2.45, 2.75) is 58.6 Å². The van der Waals surface area contributed by atoms with Crippen LogP contribution < -0.4 is 5.32 Å². The van der Waals surface area contributed by atoms with Gasteiger partial charge in [0.15, 0.2) is 5.57 Å². The highest BCUT2D eigenvalue weighted by molar-refractivity contribution is 5.94. The highest BCUT2D eigenvalue weighted by Gasteiger charge is 2.32. The predicted molar refractivity (Wildman–Crippen MR) is 113 cm³/mol. The molecule has 1 heterocycles. The Morgan fingerprint density at radius 2 is 1.83 bits per heavy atom. The van der Waals surface area contributed by atoms with Gasteiger partial charge in [0.25, 0.3) is 0 Å². The topological polar surface area (TPSA) is 91.7 Å². The summed E-state index contributed by atoms with van der Waals surface area (Å²) in [5.41, 5.74) is 0.716. The molecule has 1 aromatic rings. The molecule has 0 unspecified atom stereocenters. The van der Waals surface area contributed by atoms with Gasteiger partial charge in [-0.2, -0.15) is 5.26 Å². The number of ether oxygens (including phenoxy) is 2. The van der Waals surface area contributed by atoms with Gasteiger partial charge in [0, 0.05) is 13.1 Å². The number of rotatable bonds is 7. The number of amides is 1. The molecule has 7 heteroatoms. The first-order valence-corrected chi connectivity index (χ1v) is 10.3. The number of nitrogens with one attached hydrogen (secondary N) is 1.